The number of hydrogen-bond acceptors (Lipinski definition) is 5. The van der Waals surface area contributed by atoms with Crippen molar-refractivity contribution in [1.29, 1.82) is 0 Å². The first-order valence-corrected chi connectivity index (χ1v) is 8.82. The van der Waals surface area contributed by atoms with Crippen LogP contribution < -0.4 is 10.5 Å². The number of ether oxygens (including phenoxy) is 2. The smallest absolute Gasteiger partial charge is 0.271 e. The van der Waals surface area contributed by atoms with Crippen LogP contribution in [0.3, 0.4) is 0 Å². The summed E-state index contributed by atoms with van der Waals surface area (Å²) in [5.74, 6) is 0.167. The zero-order chi connectivity index (χ0) is 17.4. The van der Waals surface area contributed by atoms with Gasteiger partial charge in [0.15, 0.2) is 0 Å². The molecule has 1 aromatic heterocycles. The van der Waals surface area contributed by atoms with E-state index in [-0.39, 0.29) is 29.7 Å². The summed E-state index contributed by atoms with van der Waals surface area (Å²) in [5, 5.41) is 9.37. The molecule has 4 rings (SSSR count). The Balaban J connectivity index is 1.65. The SMILES string of the molecule is CC1N(c2cc(C3C=C(CO)C=CC3)c[nH]c2=O)CCOC12COC2. The Hall–Kier alpha value is -1.89. The number of pyridine rings is 1. The molecule has 2 fully saturated rings. The summed E-state index contributed by atoms with van der Waals surface area (Å²) < 4.78 is 11.3. The number of nitrogens with zero attached hydrogens (tertiary/aromatic N) is 1. The molecule has 3 aliphatic rings. The van der Waals surface area contributed by atoms with Crippen molar-refractivity contribution in [2.45, 2.75) is 30.9 Å². The molecule has 0 aromatic carbocycles. The second kappa shape index (κ2) is 6.44. The number of H-pyrrole nitrogens is 1. The van der Waals surface area contributed by atoms with E-state index in [0.29, 0.717) is 32.1 Å². The first kappa shape index (κ1) is 16.6. The largest absolute Gasteiger partial charge is 0.392 e. The third-order valence-electron chi connectivity index (χ3n) is 5.61. The average molecular weight is 344 g/mol. The summed E-state index contributed by atoms with van der Waals surface area (Å²) in [5.41, 5.74) is 2.29. The van der Waals surface area contributed by atoms with Gasteiger partial charge in [0.25, 0.3) is 5.56 Å². The van der Waals surface area contributed by atoms with Gasteiger partial charge in [0.2, 0.25) is 0 Å². The minimum Gasteiger partial charge on any atom is -0.392 e. The number of aliphatic hydroxyl groups excluding tert-OH is 1. The van der Waals surface area contributed by atoms with Crippen molar-refractivity contribution in [2.75, 3.05) is 37.9 Å². The van der Waals surface area contributed by atoms with E-state index in [1.807, 2.05) is 12.1 Å². The van der Waals surface area contributed by atoms with Gasteiger partial charge in [-0.1, -0.05) is 18.2 Å². The van der Waals surface area contributed by atoms with E-state index < -0.39 is 0 Å². The predicted molar refractivity (Wildman–Crippen MR) is 95.0 cm³/mol. The van der Waals surface area contributed by atoms with Crippen LogP contribution in [-0.4, -0.2) is 54.7 Å². The van der Waals surface area contributed by atoms with E-state index in [0.717, 1.165) is 17.6 Å². The molecule has 6 heteroatoms. The number of aromatic nitrogens is 1. The molecule has 0 radical (unpaired) electrons. The Labute approximate surface area is 146 Å². The lowest BCUT2D eigenvalue weighted by molar-refractivity contribution is -0.228. The van der Waals surface area contributed by atoms with Crippen molar-refractivity contribution in [3.8, 4) is 0 Å². The van der Waals surface area contributed by atoms with Crippen LogP contribution in [-0.2, 0) is 9.47 Å². The van der Waals surface area contributed by atoms with Crippen LogP contribution in [0.15, 0.2) is 40.9 Å². The Bertz CT molecular complexity index is 763. The standard InChI is InChI=1S/C19H24N2O4/c1-13-19(11-24-12-19)25-6-5-21(13)17-8-16(9-20-18(17)23)15-4-2-3-14(7-15)10-22/h2-3,7-9,13,15,22H,4-6,10-12H2,1H3,(H,20,23). The maximum absolute atomic E-state index is 12.5. The number of hydrogen-bond donors (Lipinski definition) is 2. The molecule has 0 bridgehead atoms. The Morgan fingerprint density at radius 3 is 3.00 bits per heavy atom. The second-order valence-corrected chi connectivity index (χ2v) is 7.07. The molecule has 6 nitrogen and oxygen atoms in total. The summed E-state index contributed by atoms with van der Waals surface area (Å²) in [4.78, 5) is 17.5. The van der Waals surface area contributed by atoms with E-state index in [2.05, 4.69) is 29.0 Å². The summed E-state index contributed by atoms with van der Waals surface area (Å²) in [6.07, 6.45) is 8.74. The molecule has 2 aliphatic heterocycles. The number of nitrogens with one attached hydrogen (secondary N) is 1. The fraction of sp³-hybridized carbons (Fsp3) is 0.526. The highest BCUT2D eigenvalue weighted by Crippen LogP contribution is 2.35. The molecule has 2 saturated heterocycles. The Kier molecular flexibility index (Phi) is 4.27. The highest BCUT2D eigenvalue weighted by Gasteiger charge is 2.50. The number of rotatable bonds is 3. The van der Waals surface area contributed by atoms with E-state index >= 15 is 0 Å². The number of morpholine rings is 1. The van der Waals surface area contributed by atoms with Crippen molar-refractivity contribution in [1.82, 2.24) is 4.98 Å². The first-order valence-electron chi connectivity index (χ1n) is 8.82. The zero-order valence-electron chi connectivity index (χ0n) is 14.4. The zero-order valence-corrected chi connectivity index (χ0v) is 14.4. The molecular formula is C19H24N2O4. The van der Waals surface area contributed by atoms with Crippen LogP contribution in [0.5, 0.6) is 0 Å². The van der Waals surface area contributed by atoms with E-state index in [4.69, 9.17) is 9.47 Å². The summed E-state index contributed by atoms with van der Waals surface area (Å²) >= 11 is 0. The van der Waals surface area contributed by atoms with Gasteiger partial charge in [0, 0.05) is 18.7 Å². The normalized spacial score (nSPS) is 27.9. The number of anilines is 1. The second-order valence-electron chi connectivity index (χ2n) is 7.07. The summed E-state index contributed by atoms with van der Waals surface area (Å²) in [7, 11) is 0. The Morgan fingerprint density at radius 2 is 2.28 bits per heavy atom. The molecule has 2 N–H and O–H groups in total. The molecular weight excluding hydrogens is 320 g/mol. The minimum absolute atomic E-state index is 0.0340. The number of allylic oxidation sites excluding steroid dienone is 2. The van der Waals surface area contributed by atoms with E-state index in [1.165, 1.54) is 0 Å². The molecule has 1 spiro atoms. The van der Waals surface area contributed by atoms with Gasteiger partial charge in [-0.25, -0.2) is 0 Å². The molecule has 0 amide bonds. The van der Waals surface area contributed by atoms with Gasteiger partial charge in [-0.15, -0.1) is 0 Å². The van der Waals surface area contributed by atoms with Crippen LogP contribution in [0.1, 0.15) is 24.8 Å². The van der Waals surface area contributed by atoms with Crippen molar-refractivity contribution in [2.24, 2.45) is 0 Å². The lowest BCUT2D eigenvalue weighted by Gasteiger charge is -2.53. The summed E-state index contributed by atoms with van der Waals surface area (Å²) in [6.45, 7) is 4.58. The molecule has 1 aromatic rings. The molecule has 2 unspecified atom stereocenters. The molecule has 134 valence electrons. The van der Waals surface area contributed by atoms with Crippen LogP contribution in [0.25, 0.3) is 0 Å². The average Bonchev–Trinajstić information content (AvgIpc) is 2.61. The highest BCUT2D eigenvalue weighted by atomic mass is 16.6. The predicted octanol–water partition coefficient (Wildman–Crippen LogP) is 1.33. The molecule has 25 heavy (non-hydrogen) atoms. The highest BCUT2D eigenvalue weighted by molar-refractivity contribution is 5.50. The maximum atomic E-state index is 12.5. The van der Waals surface area contributed by atoms with Gasteiger partial charge in [-0.2, -0.15) is 0 Å². The third kappa shape index (κ3) is 2.84. The monoisotopic (exact) mass is 344 g/mol. The Morgan fingerprint density at radius 1 is 1.44 bits per heavy atom. The van der Waals surface area contributed by atoms with Crippen molar-refractivity contribution < 1.29 is 14.6 Å². The topological polar surface area (TPSA) is 74.8 Å². The molecule has 3 heterocycles. The third-order valence-corrected chi connectivity index (χ3v) is 5.61. The quantitative estimate of drug-likeness (QED) is 0.865. The van der Waals surface area contributed by atoms with Crippen molar-refractivity contribution in [3.05, 3.63) is 52.0 Å². The first-order chi connectivity index (χ1) is 12.1. The van der Waals surface area contributed by atoms with Gasteiger partial charge >= 0.3 is 0 Å². The van der Waals surface area contributed by atoms with Crippen LogP contribution in [0.4, 0.5) is 5.69 Å². The number of aromatic amines is 1. The van der Waals surface area contributed by atoms with Crippen LogP contribution in [0.2, 0.25) is 0 Å². The van der Waals surface area contributed by atoms with Gasteiger partial charge in [0.05, 0.1) is 32.5 Å². The molecule has 0 saturated carbocycles. The summed E-state index contributed by atoms with van der Waals surface area (Å²) in [6, 6.07) is 2.07. The molecule has 2 atom stereocenters. The number of aliphatic hydroxyl groups is 1. The van der Waals surface area contributed by atoms with Gasteiger partial charge in [-0.3, -0.25) is 4.79 Å². The lowest BCUT2D eigenvalue weighted by Crippen LogP contribution is -2.68. The maximum Gasteiger partial charge on any atom is 0.271 e. The fourth-order valence-corrected chi connectivity index (χ4v) is 3.90. The van der Waals surface area contributed by atoms with Gasteiger partial charge < -0.3 is 24.5 Å². The minimum atomic E-state index is -0.293. The van der Waals surface area contributed by atoms with E-state index in [9.17, 15) is 9.90 Å². The molecule has 1 aliphatic carbocycles. The lowest BCUT2D eigenvalue weighted by atomic mass is 9.88. The van der Waals surface area contributed by atoms with Gasteiger partial charge in [0.1, 0.15) is 11.3 Å². The van der Waals surface area contributed by atoms with Gasteiger partial charge in [-0.05, 0) is 30.5 Å². The van der Waals surface area contributed by atoms with Crippen molar-refractivity contribution >= 4 is 5.69 Å². The van der Waals surface area contributed by atoms with Crippen molar-refractivity contribution in [3.63, 3.8) is 0 Å². The van der Waals surface area contributed by atoms with Crippen LogP contribution in [0, 0.1) is 0 Å². The van der Waals surface area contributed by atoms with Crippen LogP contribution >= 0.6 is 0 Å². The van der Waals surface area contributed by atoms with E-state index in [1.54, 1.807) is 6.20 Å². The fourth-order valence-electron chi connectivity index (χ4n) is 3.90.